The van der Waals surface area contributed by atoms with Gasteiger partial charge in [0.05, 0.1) is 0 Å². The molecule has 0 saturated carbocycles. The number of benzene rings is 2. The van der Waals surface area contributed by atoms with Crippen LogP contribution in [0.3, 0.4) is 0 Å². The lowest BCUT2D eigenvalue weighted by Crippen LogP contribution is -2.50. The van der Waals surface area contributed by atoms with E-state index in [2.05, 4.69) is 15.6 Å². The van der Waals surface area contributed by atoms with E-state index in [4.69, 9.17) is 4.74 Å². The molecule has 0 radical (unpaired) electrons. The van der Waals surface area contributed by atoms with Gasteiger partial charge in [-0.1, -0.05) is 49.4 Å². The first-order chi connectivity index (χ1) is 20.2. The Morgan fingerprint density at radius 1 is 1.07 bits per heavy atom. The number of hydrogen-bond acceptors (Lipinski definition) is 8. The molecule has 0 bridgehead atoms. The summed E-state index contributed by atoms with van der Waals surface area (Å²) in [5.74, 6) is -1.60. The second-order valence-electron chi connectivity index (χ2n) is 10.3. The standard InChI is InChI=1S/C30H31N5O6S/c1-18(20-8-4-3-5-9-20)26(27(38)33-29-31-23(17-42-29)19(2)36)35-28(39)25(32-30(35)40)21-10-12-22(13-11-21)41-16-24(37)34-14-6-7-15-34/h3-5,8-13,17-18,25-26H,6-7,14-16H2,1-2H3,(H,32,40)(H,31,33,38)/t18-,25+,26-/m0/s1. The molecule has 0 unspecified atom stereocenters. The zero-order chi connectivity index (χ0) is 29.8. The van der Waals surface area contributed by atoms with E-state index in [0.717, 1.165) is 47.7 Å². The molecule has 2 saturated heterocycles. The number of imide groups is 1. The van der Waals surface area contributed by atoms with Crippen LogP contribution >= 0.6 is 11.3 Å². The van der Waals surface area contributed by atoms with Crippen molar-refractivity contribution >= 4 is 46.0 Å². The summed E-state index contributed by atoms with van der Waals surface area (Å²) in [5, 5.41) is 7.11. The van der Waals surface area contributed by atoms with Crippen LogP contribution in [0.15, 0.2) is 60.0 Å². The molecule has 1 aromatic heterocycles. The number of aromatic nitrogens is 1. The third-order valence-electron chi connectivity index (χ3n) is 7.45. The fourth-order valence-electron chi connectivity index (χ4n) is 5.12. The lowest BCUT2D eigenvalue weighted by atomic mass is 9.91. The van der Waals surface area contributed by atoms with Gasteiger partial charge in [-0.15, -0.1) is 11.3 Å². The molecule has 3 aromatic rings. The topological polar surface area (TPSA) is 138 Å². The molecule has 2 N–H and O–H groups in total. The Morgan fingerprint density at radius 3 is 2.40 bits per heavy atom. The predicted molar refractivity (Wildman–Crippen MR) is 155 cm³/mol. The van der Waals surface area contributed by atoms with E-state index in [-0.39, 0.29) is 29.1 Å². The molecule has 5 amide bonds. The average Bonchev–Trinajstić information content (AvgIpc) is 3.75. The Bertz CT molecular complexity index is 1490. The minimum atomic E-state index is -1.20. The number of urea groups is 1. The number of nitrogens with zero attached hydrogens (tertiary/aromatic N) is 3. The van der Waals surface area contributed by atoms with Crippen molar-refractivity contribution in [2.45, 2.75) is 44.7 Å². The molecule has 0 spiro atoms. The molecule has 12 heteroatoms. The molecule has 42 heavy (non-hydrogen) atoms. The van der Waals surface area contributed by atoms with Crippen molar-refractivity contribution in [3.8, 4) is 5.75 Å². The summed E-state index contributed by atoms with van der Waals surface area (Å²) in [7, 11) is 0. The van der Waals surface area contributed by atoms with E-state index in [0.29, 0.717) is 11.3 Å². The fourth-order valence-corrected chi connectivity index (χ4v) is 5.87. The highest BCUT2D eigenvalue weighted by molar-refractivity contribution is 7.14. The maximum Gasteiger partial charge on any atom is 0.325 e. The van der Waals surface area contributed by atoms with Gasteiger partial charge in [0.1, 0.15) is 23.5 Å². The molecule has 2 fully saturated rings. The molecule has 5 rings (SSSR count). The molecule has 11 nitrogen and oxygen atoms in total. The number of ether oxygens (including phenoxy) is 1. The molecular formula is C30H31N5O6S. The van der Waals surface area contributed by atoms with E-state index in [1.54, 1.807) is 36.1 Å². The maximum absolute atomic E-state index is 13.7. The third-order valence-corrected chi connectivity index (χ3v) is 8.20. The van der Waals surface area contributed by atoms with Crippen LogP contribution in [0.25, 0.3) is 0 Å². The summed E-state index contributed by atoms with van der Waals surface area (Å²) in [5.41, 5.74) is 1.48. The van der Waals surface area contributed by atoms with Gasteiger partial charge in [0.2, 0.25) is 5.91 Å². The molecule has 3 heterocycles. The lowest BCUT2D eigenvalue weighted by molar-refractivity contribution is -0.134. The molecular weight excluding hydrogens is 558 g/mol. The van der Waals surface area contributed by atoms with Crippen LogP contribution in [0, 0.1) is 0 Å². The zero-order valence-corrected chi connectivity index (χ0v) is 24.1. The Morgan fingerprint density at radius 2 is 1.76 bits per heavy atom. The highest BCUT2D eigenvalue weighted by Crippen LogP contribution is 2.32. The van der Waals surface area contributed by atoms with Crippen molar-refractivity contribution in [1.29, 1.82) is 0 Å². The SMILES string of the molecule is CC(=O)c1csc(NC(=O)[C@H]([C@@H](C)c2ccccc2)N2C(=O)N[C@H](c3ccc(OCC(=O)N4CCCC4)cc3)C2=O)n1. The van der Waals surface area contributed by atoms with Crippen molar-refractivity contribution in [2.75, 3.05) is 25.0 Å². The van der Waals surface area contributed by atoms with E-state index >= 15 is 0 Å². The Balaban J connectivity index is 1.33. The number of rotatable bonds is 10. The van der Waals surface area contributed by atoms with Crippen molar-refractivity contribution in [3.05, 3.63) is 76.8 Å². The minimum absolute atomic E-state index is 0.0717. The van der Waals surface area contributed by atoms with Gasteiger partial charge in [-0.25, -0.2) is 14.7 Å². The monoisotopic (exact) mass is 589 g/mol. The number of likely N-dealkylation sites (tertiary alicyclic amines) is 1. The van der Waals surface area contributed by atoms with E-state index in [1.807, 2.05) is 30.3 Å². The van der Waals surface area contributed by atoms with E-state index in [1.165, 1.54) is 12.3 Å². The Kier molecular flexibility index (Phi) is 8.62. The molecule has 2 aliphatic rings. The number of Topliss-reactive ketones (excluding diaryl/α,β-unsaturated/α-hetero) is 1. The maximum atomic E-state index is 13.7. The zero-order valence-electron chi connectivity index (χ0n) is 23.2. The molecule has 2 aromatic carbocycles. The third kappa shape index (κ3) is 6.18. The molecule has 2 aliphatic heterocycles. The molecule has 0 aliphatic carbocycles. The first-order valence-corrected chi connectivity index (χ1v) is 14.6. The second kappa shape index (κ2) is 12.5. The quantitative estimate of drug-likeness (QED) is 0.271. The van der Waals surface area contributed by atoms with Crippen molar-refractivity contribution in [3.63, 3.8) is 0 Å². The van der Waals surface area contributed by atoms with Gasteiger partial charge in [-0.05, 0) is 36.1 Å². The minimum Gasteiger partial charge on any atom is -0.484 e. The van der Waals surface area contributed by atoms with Gasteiger partial charge >= 0.3 is 6.03 Å². The smallest absolute Gasteiger partial charge is 0.325 e. The molecule has 218 valence electrons. The number of ketones is 1. The average molecular weight is 590 g/mol. The first kappa shape index (κ1) is 28.9. The first-order valence-electron chi connectivity index (χ1n) is 13.7. The number of amides is 5. The normalized spacial score (nSPS) is 18.0. The summed E-state index contributed by atoms with van der Waals surface area (Å²) in [6.45, 7) is 4.55. The number of carbonyl (C=O) groups is 5. The van der Waals surface area contributed by atoms with Crippen molar-refractivity contribution < 1.29 is 28.7 Å². The van der Waals surface area contributed by atoms with Crippen LogP contribution in [0.2, 0.25) is 0 Å². The summed E-state index contributed by atoms with van der Waals surface area (Å²) < 4.78 is 5.64. The highest BCUT2D eigenvalue weighted by atomic mass is 32.1. The number of hydrogen-bond donors (Lipinski definition) is 2. The van der Waals surface area contributed by atoms with Gasteiger partial charge in [-0.3, -0.25) is 19.2 Å². The van der Waals surface area contributed by atoms with Crippen LogP contribution in [-0.4, -0.2) is 70.1 Å². The summed E-state index contributed by atoms with van der Waals surface area (Å²) in [6.07, 6.45) is 1.99. The van der Waals surface area contributed by atoms with Crippen LogP contribution in [0.5, 0.6) is 5.75 Å². The highest BCUT2D eigenvalue weighted by Gasteiger charge is 2.47. The fraction of sp³-hybridized carbons (Fsp3) is 0.333. The van der Waals surface area contributed by atoms with Gasteiger partial charge in [0, 0.05) is 31.3 Å². The van der Waals surface area contributed by atoms with Gasteiger partial charge in [-0.2, -0.15) is 0 Å². The summed E-state index contributed by atoms with van der Waals surface area (Å²) in [6, 6.07) is 12.8. The number of nitrogens with one attached hydrogen (secondary N) is 2. The van der Waals surface area contributed by atoms with E-state index in [9.17, 15) is 24.0 Å². The van der Waals surface area contributed by atoms with Gasteiger partial charge in [0.15, 0.2) is 17.5 Å². The van der Waals surface area contributed by atoms with Gasteiger partial charge in [0.25, 0.3) is 11.8 Å². The Hall–Kier alpha value is -4.58. The largest absolute Gasteiger partial charge is 0.484 e. The second-order valence-corrected chi connectivity index (χ2v) is 11.1. The lowest BCUT2D eigenvalue weighted by Gasteiger charge is -2.29. The van der Waals surface area contributed by atoms with E-state index < -0.39 is 35.8 Å². The van der Waals surface area contributed by atoms with Gasteiger partial charge < -0.3 is 20.3 Å². The van der Waals surface area contributed by atoms with Crippen LogP contribution in [0.1, 0.15) is 60.3 Å². The van der Waals surface area contributed by atoms with Crippen LogP contribution < -0.4 is 15.4 Å². The molecule has 3 atom stereocenters. The number of carbonyl (C=O) groups excluding carboxylic acids is 5. The predicted octanol–water partition coefficient (Wildman–Crippen LogP) is 3.75. The van der Waals surface area contributed by atoms with Crippen molar-refractivity contribution in [2.24, 2.45) is 0 Å². The summed E-state index contributed by atoms with van der Waals surface area (Å²) >= 11 is 1.08. The number of thiazole rings is 1. The summed E-state index contributed by atoms with van der Waals surface area (Å²) in [4.78, 5) is 71.5. The van der Waals surface area contributed by atoms with Crippen LogP contribution in [0.4, 0.5) is 9.93 Å². The number of anilines is 1. The van der Waals surface area contributed by atoms with Crippen LogP contribution in [-0.2, 0) is 14.4 Å². The Labute approximate surface area is 246 Å². The van der Waals surface area contributed by atoms with Crippen molar-refractivity contribution in [1.82, 2.24) is 20.1 Å².